The molecule has 12 nitrogen and oxygen atoms in total. The van der Waals surface area contributed by atoms with Gasteiger partial charge in [-0.25, -0.2) is 4.79 Å². The number of carbonyl (C=O) groups excluding carboxylic acids is 4. The van der Waals surface area contributed by atoms with Gasteiger partial charge < -0.3 is 37.2 Å². The van der Waals surface area contributed by atoms with Crippen molar-refractivity contribution in [3.05, 3.63) is 0 Å². The average Bonchev–Trinajstić information content (AvgIpc) is 3.18. The summed E-state index contributed by atoms with van der Waals surface area (Å²) in [4.78, 5) is 61.7. The van der Waals surface area contributed by atoms with Crippen LogP contribution in [-0.4, -0.2) is 82.0 Å². The third kappa shape index (κ3) is 6.66. The summed E-state index contributed by atoms with van der Waals surface area (Å²) in [6.45, 7) is 3.02. The van der Waals surface area contributed by atoms with Crippen LogP contribution in [0.5, 0.6) is 0 Å². The zero-order valence-electron chi connectivity index (χ0n) is 17.2. The summed E-state index contributed by atoms with van der Waals surface area (Å²) >= 11 is 0. The fourth-order valence-electron chi connectivity index (χ4n) is 3.20. The van der Waals surface area contributed by atoms with E-state index >= 15 is 0 Å². The SMILES string of the molecule is CCC(C)C(NC(=O)C1CCCN1C(=O)C(CC(N)=O)NC(=O)C(N)CO)C(=O)O. The van der Waals surface area contributed by atoms with Crippen molar-refractivity contribution >= 4 is 29.6 Å². The fraction of sp³-hybridized carbons (Fsp3) is 0.722. The molecule has 0 radical (unpaired) electrons. The van der Waals surface area contributed by atoms with Gasteiger partial charge in [-0.05, 0) is 18.8 Å². The molecule has 5 atom stereocenters. The molecular weight excluding hydrogens is 398 g/mol. The molecule has 1 saturated heterocycles. The smallest absolute Gasteiger partial charge is 0.326 e. The lowest BCUT2D eigenvalue weighted by molar-refractivity contribution is -0.146. The van der Waals surface area contributed by atoms with E-state index in [1.54, 1.807) is 13.8 Å². The number of nitrogens with two attached hydrogens (primary N) is 2. The van der Waals surface area contributed by atoms with Crippen LogP contribution < -0.4 is 22.1 Å². The van der Waals surface area contributed by atoms with Gasteiger partial charge in [0.2, 0.25) is 23.6 Å². The molecule has 0 bridgehead atoms. The second-order valence-corrected chi connectivity index (χ2v) is 7.42. The normalized spacial score (nSPS) is 20.0. The number of carbonyl (C=O) groups is 5. The maximum Gasteiger partial charge on any atom is 0.326 e. The predicted molar refractivity (Wildman–Crippen MR) is 105 cm³/mol. The highest BCUT2D eigenvalue weighted by atomic mass is 16.4. The van der Waals surface area contributed by atoms with Gasteiger partial charge in [0.15, 0.2) is 0 Å². The Morgan fingerprint density at radius 3 is 2.33 bits per heavy atom. The standard InChI is InChI=1S/C18H31N5O7/c1-3-9(2)14(18(29)30)22-16(27)12-5-4-6-23(12)17(28)11(7-13(20)25)21-15(26)10(19)8-24/h9-12,14,24H,3-8,19H2,1-2H3,(H2,20,25)(H,21,26)(H,22,27)(H,29,30). The molecule has 0 aliphatic carbocycles. The van der Waals surface area contributed by atoms with Crippen molar-refractivity contribution in [3.63, 3.8) is 0 Å². The maximum atomic E-state index is 13.0. The highest BCUT2D eigenvalue weighted by Gasteiger charge is 2.40. The fourth-order valence-corrected chi connectivity index (χ4v) is 3.20. The van der Waals surface area contributed by atoms with E-state index < -0.39 is 66.8 Å². The van der Waals surface area contributed by atoms with Crippen LogP contribution in [0.3, 0.4) is 0 Å². The number of carboxylic acid groups (broad SMARTS) is 1. The number of carboxylic acids is 1. The van der Waals surface area contributed by atoms with Crippen LogP contribution in [0.15, 0.2) is 0 Å². The Labute approximate surface area is 174 Å². The number of likely N-dealkylation sites (tertiary alicyclic amines) is 1. The van der Waals surface area contributed by atoms with E-state index in [1.165, 1.54) is 4.90 Å². The van der Waals surface area contributed by atoms with Crippen LogP contribution in [0.2, 0.25) is 0 Å². The minimum atomic E-state index is -1.36. The Morgan fingerprint density at radius 1 is 1.20 bits per heavy atom. The highest BCUT2D eigenvalue weighted by molar-refractivity contribution is 5.96. The Morgan fingerprint density at radius 2 is 1.83 bits per heavy atom. The van der Waals surface area contributed by atoms with E-state index in [1.807, 2.05) is 0 Å². The van der Waals surface area contributed by atoms with Gasteiger partial charge in [0.1, 0.15) is 24.2 Å². The van der Waals surface area contributed by atoms with Gasteiger partial charge in [-0.1, -0.05) is 20.3 Å². The molecule has 1 aliphatic rings. The van der Waals surface area contributed by atoms with Crippen molar-refractivity contribution in [1.82, 2.24) is 15.5 Å². The summed E-state index contributed by atoms with van der Waals surface area (Å²) in [6, 6.07) is -4.70. The van der Waals surface area contributed by atoms with Crippen molar-refractivity contribution in [3.8, 4) is 0 Å². The van der Waals surface area contributed by atoms with E-state index in [-0.39, 0.29) is 12.5 Å². The van der Waals surface area contributed by atoms with Crippen LogP contribution in [-0.2, 0) is 24.0 Å². The molecule has 5 unspecified atom stereocenters. The van der Waals surface area contributed by atoms with Gasteiger partial charge in [-0.3, -0.25) is 19.2 Å². The Bertz CT molecular complexity index is 671. The molecule has 12 heteroatoms. The van der Waals surface area contributed by atoms with E-state index in [2.05, 4.69) is 10.6 Å². The highest BCUT2D eigenvalue weighted by Crippen LogP contribution is 2.20. The zero-order valence-corrected chi connectivity index (χ0v) is 17.2. The first kappa shape index (κ1) is 25.3. The van der Waals surface area contributed by atoms with Gasteiger partial charge in [0.05, 0.1) is 13.0 Å². The molecular formula is C18H31N5O7. The molecule has 8 N–H and O–H groups in total. The third-order valence-electron chi connectivity index (χ3n) is 5.17. The number of nitrogens with one attached hydrogen (secondary N) is 2. The van der Waals surface area contributed by atoms with Crippen molar-refractivity contribution < 1.29 is 34.2 Å². The minimum Gasteiger partial charge on any atom is -0.480 e. The average molecular weight is 429 g/mol. The summed E-state index contributed by atoms with van der Waals surface area (Å²) in [5.74, 6) is -4.52. The van der Waals surface area contributed by atoms with Crippen molar-refractivity contribution in [2.75, 3.05) is 13.2 Å². The van der Waals surface area contributed by atoms with Crippen LogP contribution in [0.25, 0.3) is 0 Å². The molecule has 1 fully saturated rings. The molecule has 30 heavy (non-hydrogen) atoms. The first-order valence-electron chi connectivity index (χ1n) is 9.82. The van der Waals surface area contributed by atoms with Crippen LogP contribution >= 0.6 is 0 Å². The molecule has 170 valence electrons. The van der Waals surface area contributed by atoms with E-state index in [0.29, 0.717) is 19.3 Å². The molecule has 1 heterocycles. The number of aliphatic hydroxyl groups excluding tert-OH is 1. The first-order chi connectivity index (χ1) is 14.0. The van der Waals surface area contributed by atoms with Gasteiger partial charge in [-0.15, -0.1) is 0 Å². The number of aliphatic carboxylic acids is 1. The number of hydrogen-bond donors (Lipinski definition) is 6. The van der Waals surface area contributed by atoms with Gasteiger partial charge in [0.25, 0.3) is 0 Å². The molecule has 0 aromatic heterocycles. The van der Waals surface area contributed by atoms with E-state index in [9.17, 15) is 29.1 Å². The second-order valence-electron chi connectivity index (χ2n) is 7.42. The summed E-state index contributed by atoms with van der Waals surface area (Å²) in [7, 11) is 0. The number of nitrogens with zero attached hydrogens (tertiary/aromatic N) is 1. The maximum absolute atomic E-state index is 13.0. The monoisotopic (exact) mass is 429 g/mol. The van der Waals surface area contributed by atoms with E-state index in [4.69, 9.17) is 16.6 Å². The Balaban J connectivity index is 2.98. The quantitative estimate of drug-likeness (QED) is 0.203. The molecule has 0 spiro atoms. The summed E-state index contributed by atoms with van der Waals surface area (Å²) in [5.41, 5.74) is 10.6. The lowest BCUT2D eigenvalue weighted by Crippen LogP contribution is -2.58. The number of rotatable bonds is 11. The first-order valence-corrected chi connectivity index (χ1v) is 9.82. The summed E-state index contributed by atoms with van der Waals surface area (Å²) in [6.07, 6.45) is 0.802. The van der Waals surface area contributed by atoms with Crippen LogP contribution in [0.4, 0.5) is 0 Å². The third-order valence-corrected chi connectivity index (χ3v) is 5.17. The minimum absolute atomic E-state index is 0.190. The number of aliphatic hydroxyl groups is 1. The molecule has 0 saturated carbocycles. The van der Waals surface area contributed by atoms with Crippen molar-refractivity contribution in [2.24, 2.45) is 17.4 Å². The molecule has 0 aromatic carbocycles. The molecule has 4 amide bonds. The Hall–Kier alpha value is -2.73. The van der Waals surface area contributed by atoms with Crippen molar-refractivity contribution in [2.45, 2.75) is 63.7 Å². The van der Waals surface area contributed by atoms with Gasteiger partial charge in [0, 0.05) is 6.54 Å². The van der Waals surface area contributed by atoms with Gasteiger partial charge >= 0.3 is 5.97 Å². The van der Waals surface area contributed by atoms with E-state index in [0.717, 1.165) is 0 Å². The largest absolute Gasteiger partial charge is 0.480 e. The summed E-state index contributed by atoms with van der Waals surface area (Å²) < 4.78 is 0. The van der Waals surface area contributed by atoms with Gasteiger partial charge in [-0.2, -0.15) is 0 Å². The summed E-state index contributed by atoms with van der Waals surface area (Å²) in [5, 5.41) is 23.1. The molecule has 0 aromatic rings. The zero-order chi connectivity index (χ0) is 23.0. The second kappa shape index (κ2) is 11.5. The topological polar surface area (TPSA) is 205 Å². The predicted octanol–water partition coefficient (Wildman–Crippen LogP) is -2.73. The number of amides is 4. The number of primary amides is 1. The Kier molecular flexibility index (Phi) is 9.66. The van der Waals surface area contributed by atoms with Crippen LogP contribution in [0, 0.1) is 5.92 Å². The lowest BCUT2D eigenvalue weighted by Gasteiger charge is -2.30. The molecule has 1 aliphatic heterocycles. The van der Waals surface area contributed by atoms with Crippen molar-refractivity contribution in [1.29, 1.82) is 0 Å². The van der Waals surface area contributed by atoms with Crippen LogP contribution in [0.1, 0.15) is 39.5 Å². The number of hydrogen-bond acceptors (Lipinski definition) is 7. The molecule has 1 rings (SSSR count). The lowest BCUT2D eigenvalue weighted by atomic mass is 9.98.